The van der Waals surface area contributed by atoms with E-state index in [-0.39, 0.29) is 29.0 Å². The molecule has 1 N–H and O–H groups in total. The lowest BCUT2D eigenvalue weighted by Gasteiger charge is -2.26. The second-order valence-corrected chi connectivity index (χ2v) is 10.4. The second kappa shape index (κ2) is 9.67. The van der Waals surface area contributed by atoms with Gasteiger partial charge in [-0.3, -0.25) is 4.68 Å². The molecular formula is C24H20ClF3N4O4S. The Bertz CT molecular complexity index is 1620. The van der Waals surface area contributed by atoms with E-state index in [1.807, 2.05) is 0 Å². The van der Waals surface area contributed by atoms with Gasteiger partial charge in [-0.25, -0.2) is 22.5 Å². The summed E-state index contributed by atoms with van der Waals surface area (Å²) in [5.41, 5.74) is 0.282. The number of carboxylic acids is 1. The zero-order valence-electron chi connectivity index (χ0n) is 19.5. The van der Waals surface area contributed by atoms with Crippen LogP contribution in [0.5, 0.6) is 0 Å². The first-order chi connectivity index (χ1) is 17.3. The van der Waals surface area contributed by atoms with Gasteiger partial charge in [-0.15, -0.1) is 0 Å². The molecule has 0 aliphatic rings. The lowest BCUT2D eigenvalue weighted by atomic mass is 10.1. The standard InChI is InChI=1S/C24H20ClF3N4O4S/c1-3-15-9-16(23(33)34)5-7-21(15)37(35,36)32(22-19(25)10-18(12-29-22)24(26,27)28)13-14-4-6-20-17(8-14)11-30-31(20)2/h4-12H,3,13H2,1-2H3,(H,33,34). The number of nitrogens with zero attached hydrogens (tertiary/aromatic N) is 4. The summed E-state index contributed by atoms with van der Waals surface area (Å²) in [4.78, 5) is 15.0. The quantitative estimate of drug-likeness (QED) is 0.334. The number of pyridine rings is 1. The van der Waals surface area contributed by atoms with E-state index in [9.17, 15) is 31.5 Å². The van der Waals surface area contributed by atoms with E-state index < -0.39 is 38.6 Å². The van der Waals surface area contributed by atoms with Gasteiger partial charge in [0.2, 0.25) is 0 Å². The van der Waals surface area contributed by atoms with E-state index in [2.05, 4.69) is 10.1 Å². The van der Waals surface area contributed by atoms with Crippen molar-refractivity contribution >= 4 is 44.3 Å². The average Bonchev–Trinajstić information content (AvgIpc) is 3.21. The number of benzene rings is 2. The van der Waals surface area contributed by atoms with Crippen LogP contribution >= 0.6 is 11.6 Å². The van der Waals surface area contributed by atoms with Crippen molar-refractivity contribution in [2.24, 2.45) is 7.05 Å². The Morgan fingerprint density at radius 2 is 1.86 bits per heavy atom. The van der Waals surface area contributed by atoms with Crippen LogP contribution in [-0.4, -0.2) is 34.3 Å². The van der Waals surface area contributed by atoms with Gasteiger partial charge in [0.1, 0.15) is 0 Å². The third-order valence-electron chi connectivity index (χ3n) is 5.78. The Hall–Kier alpha value is -3.64. The van der Waals surface area contributed by atoms with E-state index >= 15 is 0 Å². The summed E-state index contributed by atoms with van der Waals surface area (Å²) in [5.74, 6) is -1.63. The molecule has 0 atom stereocenters. The fourth-order valence-electron chi connectivity index (χ4n) is 3.88. The third-order valence-corrected chi connectivity index (χ3v) is 7.89. The first kappa shape index (κ1) is 26.4. The van der Waals surface area contributed by atoms with Gasteiger partial charge in [0.15, 0.2) is 5.82 Å². The molecule has 4 aromatic rings. The zero-order valence-corrected chi connectivity index (χ0v) is 21.1. The van der Waals surface area contributed by atoms with E-state index in [0.29, 0.717) is 17.8 Å². The third kappa shape index (κ3) is 5.12. The summed E-state index contributed by atoms with van der Waals surface area (Å²) in [5, 5.41) is 13.7. The average molecular weight is 553 g/mol. The number of alkyl halides is 3. The highest BCUT2D eigenvalue weighted by Crippen LogP contribution is 2.36. The molecule has 13 heteroatoms. The van der Waals surface area contributed by atoms with Crippen molar-refractivity contribution in [1.82, 2.24) is 14.8 Å². The number of anilines is 1. The summed E-state index contributed by atoms with van der Waals surface area (Å²) < 4.78 is 70.0. The van der Waals surface area contributed by atoms with Crippen LogP contribution in [0.3, 0.4) is 0 Å². The molecule has 0 spiro atoms. The van der Waals surface area contributed by atoms with E-state index in [1.54, 1.807) is 43.0 Å². The predicted molar refractivity (Wildman–Crippen MR) is 131 cm³/mol. The number of carbonyl (C=O) groups is 1. The molecule has 0 aliphatic carbocycles. The predicted octanol–water partition coefficient (Wildman–Crippen LogP) is 5.30. The maximum absolute atomic E-state index is 13.9. The minimum Gasteiger partial charge on any atom is -0.478 e. The summed E-state index contributed by atoms with van der Waals surface area (Å²) in [6.45, 7) is 1.35. The number of sulfonamides is 1. The first-order valence-corrected chi connectivity index (χ1v) is 12.7. The molecule has 2 aromatic carbocycles. The molecule has 0 amide bonds. The van der Waals surface area contributed by atoms with Crippen molar-refractivity contribution < 1.29 is 31.5 Å². The Morgan fingerprint density at radius 1 is 1.14 bits per heavy atom. The Kier molecular flexibility index (Phi) is 6.91. The molecule has 0 saturated heterocycles. The molecular weight excluding hydrogens is 533 g/mol. The maximum Gasteiger partial charge on any atom is 0.417 e. The molecule has 0 aliphatic heterocycles. The topological polar surface area (TPSA) is 105 Å². The monoisotopic (exact) mass is 552 g/mol. The number of hydrogen-bond donors (Lipinski definition) is 1. The normalized spacial score (nSPS) is 12.2. The molecule has 0 unspecified atom stereocenters. The molecule has 2 heterocycles. The Morgan fingerprint density at radius 3 is 2.49 bits per heavy atom. The van der Waals surface area contributed by atoms with Gasteiger partial charge in [-0.05, 0) is 53.9 Å². The molecule has 4 rings (SSSR count). The highest BCUT2D eigenvalue weighted by molar-refractivity contribution is 7.92. The van der Waals surface area contributed by atoms with Gasteiger partial charge >= 0.3 is 12.1 Å². The van der Waals surface area contributed by atoms with Gasteiger partial charge in [0.05, 0.1) is 39.3 Å². The largest absolute Gasteiger partial charge is 0.478 e. The van der Waals surface area contributed by atoms with Crippen LogP contribution in [-0.2, 0) is 36.2 Å². The molecule has 0 radical (unpaired) electrons. The van der Waals surface area contributed by atoms with Crippen molar-refractivity contribution in [1.29, 1.82) is 0 Å². The molecule has 0 fully saturated rings. The number of aromatic carboxylic acids is 1. The number of hydrogen-bond acceptors (Lipinski definition) is 5. The number of rotatable bonds is 7. The summed E-state index contributed by atoms with van der Waals surface area (Å²) in [6, 6.07) is 9.28. The van der Waals surface area contributed by atoms with E-state index in [1.165, 1.54) is 6.07 Å². The van der Waals surface area contributed by atoms with Crippen LogP contribution in [0.25, 0.3) is 10.9 Å². The van der Waals surface area contributed by atoms with Crippen molar-refractivity contribution in [3.63, 3.8) is 0 Å². The van der Waals surface area contributed by atoms with Crippen molar-refractivity contribution in [2.75, 3.05) is 4.31 Å². The van der Waals surface area contributed by atoms with E-state index in [4.69, 9.17) is 11.6 Å². The van der Waals surface area contributed by atoms with E-state index in [0.717, 1.165) is 27.3 Å². The number of aryl methyl sites for hydroxylation is 2. The fraction of sp³-hybridized carbons (Fsp3) is 0.208. The van der Waals surface area contributed by atoms with Gasteiger partial charge in [-0.1, -0.05) is 24.6 Å². The minimum absolute atomic E-state index is 0.102. The molecule has 37 heavy (non-hydrogen) atoms. The van der Waals surface area contributed by atoms with Gasteiger partial charge in [0.25, 0.3) is 10.0 Å². The summed E-state index contributed by atoms with van der Waals surface area (Å²) in [7, 11) is -2.72. The van der Waals surface area contributed by atoms with Crippen LogP contribution in [0.4, 0.5) is 19.0 Å². The van der Waals surface area contributed by atoms with Crippen LogP contribution in [0.15, 0.2) is 59.8 Å². The SMILES string of the molecule is CCc1cc(C(=O)O)ccc1S(=O)(=O)N(Cc1ccc2c(cnn2C)c1)c1ncc(C(F)(F)F)cc1Cl. The maximum atomic E-state index is 13.9. The molecule has 194 valence electrons. The van der Waals surface area contributed by atoms with Crippen molar-refractivity contribution in [2.45, 2.75) is 31.0 Å². The number of fused-ring (bicyclic) bond motifs is 1. The minimum atomic E-state index is -4.73. The number of carboxylic acid groups (broad SMARTS) is 1. The highest BCUT2D eigenvalue weighted by atomic mass is 35.5. The molecule has 0 bridgehead atoms. The van der Waals surface area contributed by atoms with Crippen molar-refractivity contribution in [3.8, 4) is 0 Å². The smallest absolute Gasteiger partial charge is 0.417 e. The second-order valence-electron chi connectivity index (χ2n) is 8.18. The molecule has 0 saturated carbocycles. The van der Waals surface area contributed by atoms with Crippen molar-refractivity contribution in [3.05, 3.63) is 82.1 Å². The van der Waals surface area contributed by atoms with Crippen LogP contribution in [0, 0.1) is 0 Å². The Balaban J connectivity index is 1.88. The lowest BCUT2D eigenvalue weighted by molar-refractivity contribution is -0.137. The van der Waals surface area contributed by atoms with Crippen LogP contribution < -0.4 is 4.31 Å². The van der Waals surface area contributed by atoms with Gasteiger partial charge < -0.3 is 5.11 Å². The number of aromatic nitrogens is 3. The van der Waals surface area contributed by atoms with Gasteiger partial charge in [0, 0.05) is 18.6 Å². The summed E-state index contributed by atoms with van der Waals surface area (Å²) in [6.07, 6.45) is -2.44. The van der Waals surface area contributed by atoms with Crippen LogP contribution in [0.1, 0.15) is 34.0 Å². The zero-order chi connectivity index (χ0) is 27.1. The number of halogens is 4. The molecule has 8 nitrogen and oxygen atoms in total. The Labute approximate surface area is 215 Å². The van der Waals surface area contributed by atoms with Gasteiger partial charge in [-0.2, -0.15) is 18.3 Å². The lowest BCUT2D eigenvalue weighted by Crippen LogP contribution is -2.32. The van der Waals surface area contributed by atoms with Crippen LogP contribution in [0.2, 0.25) is 5.02 Å². The first-order valence-electron chi connectivity index (χ1n) is 10.8. The fourth-order valence-corrected chi connectivity index (χ4v) is 5.90. The highest BCUT2D eigenvalue weighted by Gasteiger charge is 2.35. The molecule has 2 aromatic heterocycles. The summed E-state index contributed by atoms with van der Waals surface area (Å²) >= 11 is 6.17.